The Bertz CT molecular complexity index is 547. The van der Waals surface area contributed by atoms with Gasteiger partial charge in [-0.05, 0) is 13.8 Å². The van der Waals surface area contributed by atoms with Gasteiger partial charge in [0.15, 0.2) is 0 Å². The number of oxazole rings is 1. The molecule has 6 heteroatoms. The monoisotopic (exact) mass is 266 g/mol. The number of methoxy groups -OCH3 is 1. The molecule has 0 spiro atoms. The number of thiophene rings is 1. The van der Waals surface area contributed by atoms with E-state index in [0.29, 0.717) is 16.5 Å². The van der Waals surface area contributed by atoms with Crippen LogP contribution >= 0.6 is 11.3 Å². The van der Waals surface area contributed by atoms with Crippen LogP contribution in [-0.4, -0.2) is 18.0 Å². The topological polar surface area (TPSA) is 64.4 Å². The second-order valence-electron chi connectivity index (χ2n) is 3.86. The Hall–Kier alpha value is -1.82. The quantitative estimate of drug-likeness (QED) is 0.923. The molecule has 0 aliphatic carbocycles. The van der Waals surface area contributed by atoms with E-state index in [-0.39, 0.29) is 11.9 Å². The van der Waals surface area contributed by atoms with E-state index in [0.717, 1.165) is 5.76 Å². The van der Waals surface area contributed by atoms with E-state index < -0.39 is 0 Å². The Morgan fingerprint density at radius 3 is 2.94 bits per heavy atom. The zero-order chi connectivity index (χ0) is 13.1. The number of nitrogens with one attached hydrogen (secondary N) is 1. The summed E-state index contributed by atoms with van der Waals surface area (Å²) in [6.07, 6.45) is 1.63. The summed E-state index contributed by atoms with van der Waals surface area (Å²) in [5, 5.41) is 4.61. The van der Waals surface area contributed by atoms with Crippen LogP contribution in [0.3, 0.4) is 0 Å². The van der Waals surface area contributed by atoms with E-state index in [1.807, 2.05) is 13.8 Å². The van der Waals surface area contributed by atoms with Crippen LogP contribution in [0.5, 0.6) is 5.75 Å². The molecule has 0 aliphatic heterocycles. The van der Waals surface area contributed by atoms with Crippen LogP contribution in [-0.2, 0) is 0 Å². The molecule has 18 heavy (non-hydrogen) atoms. The molecule has 96 valence electrons. The lowest BCUT2D eigenvalue weighted by atomic mass is 10.3. The van der Waals surface area contributed by atoms with Crippen molar-refractivity contribution in [3.8, 4) is 5.75 Å². The fourth-order valence-electron chi connectivity index (χ4n) is 1.45. The lowest BCUT2D eigenvalue weighted by Crippen LogP contribution is -2.26. The second-order valence-corrected chi connectivity index (χ2v) is 4.77. The molecule has 0 saturated heterocycles. The minimum Gasteiger partial charge on any atom is -0.496 e. The number of aryl methyl sites for hydroxylation is 1. The van der Waals surface area contributed by atoms with Crippen LogP contribution in [0.25, 0.3) is 0 Å². The van der Waals surface area contributed by atoms with Crippen molar-refractivity contribution in [2.45, 2.75) is 19.9 Å². The van der Waals surface area contributed by atoms with Crippen molar-refractivity contribution in [1.29, 1.82) is 0 Å². The number of amides is 1. The molecule has 0 saturated carbocycles. The van der Waals surface area contributed by atoms with Crippen LogP contribution in [0.4, 0.5) is 0 Å². The van der Waals surface area contributed by atoms with Crippen LogP contribution < -0.4 is 10.1 Å². The van der Waals surface area contributed by atoms with E-state index in [9.17, 15) is 4.79 Å². The normalized spacial score (nSPS) is 12.2. The molecule has 1 atom stereocenters. The smallest absolute Gasteiger partial charge is 0.262 e. The van der Waals surface area contributed by atoms with Gasteiger partial charge < -0.3 is 14.5 Å². The SMILES string of the molecule is COc1csc(C(=O)NC(C)c2ncc(C)o2)c1. The summed E-state index contributed by atoms with van der Waals surface area (Å²) in [5.74, 6) is 1.75. The Labute approximate surface area is 109 Å². The third-order valence-corrected chi connectivity index (χ3v) is 3.30. The highest BCUT2D eigenvalue weighted by Gasteiger charge is 2.16. The van der Waals surface area contributed by atoms with Crippen LogP contribution in [0.2, 0.25) is 0 Å². The van der Waals surface area contributed by atoms with Crippen molar-refractivity contribution in [3.63, 3.8) is 0 Å². The van der Waals surface area contributed by atoms with Crippen molar-refractivity contribution in [1.82, 2.24) is 10.3 Å². The molecular formula is C12H14N2O3S. The molecule has 0 radical (unpaired) electrons. The van der Waals surface area contributed by atoms with E-state index in [4.69, 9.17) is 9.15 Å². The molecule has 0 fully saturated rings. The summed E-state index contributed by atoms with van der Waals surface area (Å²) in [4.78, 5) is 16.6. The van der Waals surface area contributed by atoms with Gasteiger partial charge in [-0.2, -0.15) is 0 Å². The van der Waals surface area contributed by atoms with E-state index in [2.05, 4.69) is 10.3 Å². The van der Waals surface area contributed by atoms with Crippen molar-refractivity contribution >= 4 is 17.2 Å². The largest absolute Gasteiger partial charge is 0.496 e. The van der Waals surface area contributed by atoms with Crippen molar-refractivity contribution in [2.24, 2.45) is 0 Å². The van der Waals surface area contributed by atoms with Gasteiger partial charge in [-0.25, -0.2) is 4.98 Å². The molecule has 0 bridgehead atoms. The highest BCUT2D eigenvalue weighted by molar-refractivity contribution is 7.12. The van der Waals surface area contributed by atoms with Gasteiger partial charge in [0.1, 0.15) is 17.6 Å². The van der Waals surface area contributed by atoms with Gasteiger partial charge in [-0.1, -0.05) is 0 Å². The maximum absolute atomic E-state index is 11.9. The first kappa shape index (κ1) is 12.6. The molecule has 1 unspecified atom stereocenters. The highest BCUT2D eigenvalue weighted by atomic mass is 32.1. The van der Waals surface area contributed by atoms with Gasteiger partial charge in [0.25, 0.3) is 5.91 Å². The summed E-state index contributed by atoms with van der Waals surface area (Å²) in [7, 11) is 1.57. The molecule has 0 aromatic carbocycles. The average molecular weight is 266 g/mol. The average Bonchev–Trinajstić information content (AvgIpc) is 2.97. The zero-order valence-corrected chi connectivity index (χ0v) is 11.2. The fraction of sp³-hybridized carbons (Fsp3) is 0.333. The Kier molecular flexibility index (Phi) is 3.66. The predicted octanol–water partition coefficient (Wildman–Crippen LogP) is 2.54. The summed E-state index contributed by atoms with van der Waals surface area (Å²) in [5.41, 5.74) is 0. The molecule has 5 nitrogen and oxygen atoms in total. The first-order chi connectivity index (χ1) is 8.60. The molecule has 1 amide bonds. The number of carbonyl (C=O) groups excluding carboxylic acids is 1. The minimum atomic E-state index is -0.265. The third kappa shape index (κ3) is 2.70. The molecule has 2 heterocycles. The Morgan fingerprint density at radius 1 is 1.61 bits per heavy atom. The van der Waals surface area contributed by atoms with Gasteiger partial charge in [-0.3, -0.25) is 4.79 Å². The van der Waals surface area contributed by atoms with Gasteiger partial charge >= 0.3 is 0 Å². The number of carbonyl (C=O) groups is 1. The maximum atomic E-state index is 11.9. The first-order valence-corrected chi connectivity index (χ1v) is 6.34. The third-order valence-electron chi connectivity index (χ3n) is 2.39. The highest BCUT2D eigenvalue weighted by Crippen LogP contribution is 2.22. The molecular weight excluding hydrogens is 252 g/mol. The molecule has 2 rings (SSSR count). The number of rotatable bonds is 4. The standard InChI is InChI=1S/C12H14N2O3S/c1-7-5-13-12(17-7)8(2)14-11(15)10-4-9(16-3)6-18-10/h4-6,8H,1-3H3,(H,14,15). The zero-order valence-electron chi connectivity index (χ0n) is 10.4. The van der Waals surface area contributed by atoms with Gasteiger partial charge in [0.2, 0.25) is 5.89 Å². The van der Waals surface area contributed by atoms with Crippen LogP contribution in [0.1, 0.15) is 34.3 Å². The van der Waals surface area contributed by atoms with Crippen molar-refractivity contribution < 1.29 is 13.9 Å². The van der Waals surface area contributed by atoms with E-state index in [1.165, 1.54) is 11.3 Å². The number of nitrogens with zero attached hydrogens (tertiary/aromatic N) is 1. The van der Waals surface area contributed by atoms with Crippen molar-refractivity contribution in [3.05, 3.63) is 34.2 Å². The summed E-state index contributed by atoms with van der Waals surface area (Å²) in [6, 6.07) is 1.44. The Balaban J connectivity index is 2.02. The van der Waals surface area contributed by atoms with E-state index in [1.54, 1.807) is 24.8 Å². The fourth-order valence-corrected chi connectivity index (χ4v) is 2.20. The molecule has 2 aromatic rings. The number of hydrogen-bond donors (Lipinski definition) is 1. The number of hydrogen-bond acceptors (Lipinski definition) is 5. The van der Waals surface area contributed by atoms with Crippen molar-refractivity contribution in [2.75, 3.05) is 7.11 Å². The molecule has 1 N–H and O–H groups in total. The van der Waals surface area contributed by atoms with Gasteiger partial charge in [-0.15, -0.1) is 11.3 Å². The summed E-state index contributed by atoms with van der Waals surface area (Å²) in [6.45, 7) is 3.64. The summed E-state index contributed by atoms with van der Waals surface area (Å²) < 4.78 is 10.4. The lowest BCUT2D eigenvalue weighted by molar-refractivity contribution is 0.0938. The number of ether oxygens (including phenoxy) is 1. The lowest BCUT2D eigenvalue weighted by Gasteiger charge is -2.08. The van der Waals surface area contributed by atoms with Crippen LogP contribution in [0.15, 0.2) is 22.1 Å². The van der Waals surface area contributed by atoms with Crippen LogP contribution in [0, 0.1) is 6.92 Å². The van der Waals surface area contributed by atoms with E-state index >= 15 is 0 Å². The number of aromatic nitrogens is 1. The summed E-state index contributed by atoms with van der Waals surface area (Å²) >= 11 is 1.34. The van der Waals surface area contributed by atoms with Gasteiger partial charge in [0.05, 0.1) is 18.2 Å². The van der Waals surface area contributed by atoms with Gasteiger partial charge in [0, 0.05) is 11.4 Å². The first-order valence-electron chi connectivity index (χ1n) is 5.46. The predicted molar refractivity (Wildman–Crippen MR) is 68.0 cm³/mol. The molecule has 0 aliphatic rings. The minimum absolute atomic E-state index is 0.161. The second kappa shape index (κ2) is 5.22. The maximum Gasteiger partial charge on any atom is 0.262 e. The molecule has 2 aromatic heterocycles. The Morgan fingerprint density at radius 2 is 2.39 bits per heavy atom.